The van der Waals surface area contributed by atoms with E-state index in [0.29, 0.717) is 6.04 Å². The van der Waals surface area contributed by atoms with Crippen LogP contribution in [0.2, 0.25) is 0 Å². The second kappa shape index (κ2) is 3.09. The third-order valence-corrected chi connectivity index (χ3v) is 2.20. The highest BCUT2D eigenvalue weighted by Gasteiger charge is 2.15. The fraction of sp³-hybridized carbons (Fsp3) is 0.556. The molecule has 0 amide bonds. The zero-order chi connectivity index (χ0) is 7.52. The van der Waals surface area contributed by atoms with Gasteiger partial charge in [-0.25, -0.2) is 0 Å². The average Bonchev–Trinajstić information content (AvgIpc) is 2.58. The summed E-state index contributed by atoms with van der Waals surface area (Å²) in [4.78, 5) is 0. The van der Waals surface area contributed by atoms with Gasteiger partial charge in [-0.15, -0.1) is 0 Å². The molecule has 1 N–H and O–H groups in total. The predicted molar refractivity (Wildman–Crippen MR) is 43.3 cm³/mol. The van der Waals surface area contributed by atoms with E-state index in [1.54, 1.807) is 6.26 Å². The lowest BCUT2D eigenvalue weighted by molar-refractivity contribution is 0.349. The van der Waals surface area contributed by atoms with Crippen LogP contribution in [0.25, 0.3) is 0 Å². The maximum absolute atomic E-state index is 5.31. The first-order valence-electron chi connectivity index (χ1n) is 4.23. The third kappa shape index (κ3) is 1.46. The van der Waals surface area contributed by atoms with Gasteiger partial charge in [0.15, 0.2) is 0 Å². The van der Waals surface area contributed by atoms with Crippen molar-refractivity contribution in [3.05, 3.63) is 24.2 Å². The highest BCUT2D eigenvalue weighted by molar-refractivity contribution is 5.04. The van der Waals surface area contributed by atoms with Gasteiger partial charge in [0.1, 0.15) is 5.76 Å². The standard InChI is InChI=1S/C9H13NO/c1-2-6-10-8(4-1)9-5-3-7-11-9/h3,5,7-8,10H,1-2,4,6H2. The molecule has 1 aromatic rings. The summed E-state index contributed by atoms with van der Waals surface area (Å²) < 4.78 is 5.31. The average molecular weight is 151 g/mol. The Morgan fingerprint density at radius 1 is 1.45 bits per heavy atom. The van der Waals surface area contributed by atoms with Crippen molar-refractivity contribution in [3.8, 4) is 0 Å². The Morgan fingerprint density at radius 2 is 2.45 bits per heavy atom. The molecule has 11 heavy (non-hydrogen) atoms. The van der Waals surface area contributed by atoms with Crippen molar-refractivity contribution < 1.29 is 4.42 Å². The van der Waals surface area contributed by atoms with Gasteiger partial charge < -0.3 is 9.73 Å². The van der Waals surface area contributed by atoms with E-state index in [1.807, 2.05) is 12.1 Å². The Bertz CT molecular complexity index is 199. The van der Waals surface area contributed by atoms with E-state index in [0.717, 1.165) is 12.3 Å². The summed E-state index contributed by atoms with van der Waals surface area (Å²) in [7, 11) is 0. The number of hydrogen-bond acceptors (Lipinski definition) is 2. The van der Waals surface area contributed by atoms with Crippen LogP contribution in [0.4, 0.5) is 0 Å². The molecule has 0 aromatic carbocycles. The van der Waals surface area contributed by atoms with Crippen LogP contribution in [0.5, 0.6) is 0 Å². The second-order valence-electron chi connectivity index (χ2n) is 3.02. The number of nitrogens with one attached hydrogen (secondary N) is 1. The van der Waals surface area contributed by atoms with Crippen LogP contribution in [0.3, 0.4) is 0 Å². The summed E-state index contributed by atoms with van der Waals surface area (Å²) in [5.41, 5.74) is 0. The lowest BCUT2D eigenvalue weighted by Gasteiger charge is -2.21. The second-order valence-corrected chi connectivity index (χ2v) is 3.02. The Labute approximate surface area is 66.6 Å². The number of furan rings is 1. The van der Waals surface area contributed by atoms with E-state index in [2.05, 4.69) is 5.32 Å². The fourth-order valence-corrected chi connectivity index (χ4v) is 1.58. The molecule has 1 aromatic heterocycles. The molecule has 2 rings (SSSR count). The molecular weight excluding hydrogens is 138 g/mol. The van der Waals surface area contributed by atoms with E-state index in [9.17, 15) is 0 Å². The maximum atomic E-state index is 5.31. The normalized spacial score (nSPS) is 25.3. The minimum absolute atomic E-state index is 0.471. The molecule has 0 radical (unpaired) electrons. The van der Waals surface area contributed by atoms with Crippen molar-refractivity contribution in [2.45, 2.75) is 25.3 Å². The zero-order valence-corrected chi connectivity index (χ0v) is 6.55. The van der Waals surface area contributed by atoms with Crippen LogP contribution in [0, 0.1) is 0 Å². The van der Waals surface area contributed by atoms with E-state index in [1.165, 1.54) is 19.3 Å². The molecule has 60 valence electrons. The molecule has 1 unspecified atom stereocenters. The summed E-state index contributed by atoms with van der Waals surface area (Å²) in [6.07, 6.45) is 5.58. The van der Waals surface area contributed by atoms with E-state index < -0.39 is 0 Å². The van der Waals surface area contributed by atoms with E-state index in [4.69, 9.17) is 4.42 Å². The fourth-order valence-electron chi connectivity index (χ4n) is 1.58. The van der Waals surface area contributed by atoms with Gasteiger partial charge in [0.25, 0.3) is 0 Å². The monoisotopic (exact) mass is 151 g/mol. The Balaban J connectivity index is 2.04. The molecule has 1 saturated heterocycles. The summed E-state index contributed by atoms with van der Waals surface area (Å²) in [5, 5.41) is 3.43. The van der Waals surface area contributed by atoms with Crippen molar-refractivity contribution in [1.29, 1.82) is 0 Å². The van der Waals surface area contributed by atoms with Crippen LogP contribution in [0.1, 0.15) is 31.1 Å². The molecule has 0 bridgehead atoms. The van der Waals surface area contributed by atoms with Crippen LogP contribution < -0.4 is 5.32 Å². The van der Waals surface area contributed by atoms with Crippen molar-refractivity contribution in [1.82, 2.24) is 5.32 Å². The molecule has 2 heteroatoms. The van der Waals surface area contributed by atoms with Crippen molar-refractivity contribution >= 4 is 0 Å². The van der Waals surface area contributed by atoms with Gasteiger partial charge in [0.2, 0.25) is 0 Å². The third-order valence-electron chi connectivity index (χ3n) is 2.20. The van der Waals surface area contributed by atoms with Crippen molar-refractivity contribution in [2.24, 2.45) is 0 Å². The Kier molecular flexibility index (Phi) is 1.95. The number of hydrogen-bond donors (Lipinski definition) is 1. The maximum Gasteiger partial charge on any atom is 0.120 e. The first-order valence-corrected chi connectivity index (χ1v) is 4.23. The van der Waals surface area contributed by atoms with Gasteiger partial charge in [-0.3, -0.25) is 0 Å². The number of rotatable bonds is 1. The van der Waals surface area contributed by atoms with Crippen LogP contribution in [0.15, 0.2) is 22.8 Å². The molecule has 0 spiro atoms. The molecule has 0 aliphatic carbocycles. The highest BCUT2D eigenvalue weighted by Crippen LogP contribution is 2.22. The van der Waals surface area contributed by atoms with E-state index in [-0.39, 0.29) is 0 Å². The first-order chi connectivity index (χ1) is 5.47. The van der Waals surface area contributed by atoms with Gasteiger partial charge in [-0.1, -0.05) is 6.42 Å². The van der Waals surface area contributed by atoms with E-state index >= 15 is 0 Å². The molecule has 1 atom stereocenters. The minimum Gasteiger partial charge on any atom is -0.468 e. The first kappa shape index (κ1) is 6.92. The van der Waals surface area contributed by atoms with Crippen molar-refractivity contribution in [3.63, 3.8) is 0 Å². The smallest absolute Gasteiger partial charge is 0.120 e. The van der Waals surface area contributed by atoms with Gasteiger partial charge in [-0.2, -0.15) is 0 Å². The van der Waals surface area contributed by atoms with Gasteiger partial charge >= 0.3 is 0 Å². The number of piperidine rings is 1. The predicted octanol–water partition coefficient (Wildman–Crippen LogP) is 2.09. The minimum atomic E-state index is 0.471. The van der Waals surface area contributed by atoms with Crippen LogP contribution in [-0.4, -0.2) is 6.54 Å². The summed E-state index contributed by atoms with van der Waals surface area (Å²) in [6.45, 7) is 1.13. The molecule has 1 aliphatic heterocycles. The summed E-state index contributed by atoms with van der Waals surface area (Å²) in [5.74, 6) is 1.09. The van der Waals surface area contributed by atoms with Gasteiger partial charge in [-0.05, 0) is 31.5 Å². The molecule has 2 heterocycles. The summed E-state index contributed by atoms with van der Waals surface area (Å²) >= 11 is 0. The SMILES string of the molecule is c1coc(C2CCCCN2)c1. The lowest BCUT2D eigenvalue weighted by Crippen LogP contribution is -2.26. The zero-order valence-electron chi connectivity index (χ0n) is 6.55. The van der Waals surface area contributed by atoms with Gasteiger partial charge in [0.05, 0.1) is 12.3 Å². The van der Waals surface area contributed by atoms with Crippen LogP contribution in [-0.2, 0) is 0 Å². The summed E-state index contributed by atoms with van der Waals surface area (Å²) in [6, 6.07) is 4.47. The molecule has 2 nitrogen and oxygen atoms in total. The van der Waals surface area contributed by atoms with Crippen molar-refractivity contribution in [2.75, 3.05) is 6.54 Å². The largest absolute Gasteiger partial charge is 0.468 e. The molecule has 0 saturated carbocycles. The lowest BCUT2D eigenvalue weighted by atomic mass is 10.0. The molecule has 1 aliphatic rings. The Hall–Kier alpha value is -0.760. The Morgan fingerprint density at radius 3 is 3.09 bits per heavy atom. The van der Waals surface area contributed by atoms with Gasteiger partial charge in [0, 0.05) is 0 Å². The molecule has 1 fully saturated rings. The van der Waals surface area contributed by atoms with Crippen LogP contribution >= 0.6 is 0 Å². The topological polar surface area (TPSA) is 25.2 Å². The highest BCUT2D eigenvalue weighted by atomic mass is 16.3. The quantitative estimate of drug-likeness (QED) is 0.664. The molecular formula is C9H13NO.